The average Bonchev–Trinajstić information content (AvgIpc) is 2.70. The molecule has 17 heavy (non-hydrogen) atoms. The molecule has 0 spiro atoms. The molecule has 4 unspecified atom stereocenters. The van der Waals surface area contributed by atoms with Crippen LogP contribution in [0.2, 0.25) is 0 Å². The van der Waals surface area contributed by atoms with E-state index in [0.29, 0.717) is 24.0 Å². The van der Waals surface area contributed by atoms with Crippen LogP contribution in [-0.2, 0) is 4.74 Å². The number of hydrogen-bond acceptors (Lipinski definition) is 3. The van der Waals surface area contributed by atoms with Gasteiger partial charge in [0, 0.05) is 24.0 Å². The van der Waals surface area contributed by atoms with Crippen molar-refractivity contribution in [2.75, 3.05) is 13.2 Å². The molecule has 100 valence electrons. The molecule has 0 radical (unpaired) electrons. The molecule has 0 aromatic rings. The summed E-state index contributed by atoms with van der Waals surface area (Å²) >= 11 is 0. The van der Waals surface area contributed by atoms with Gasteiger partial charge in [0.1, 0.15) is 0 Å². The van der Waals surface area contributed by atoms with E-state index >= 15 is 0 Å². The number of aliphatic hydroxyl groups is 1. The molecular weight excluding hydrogens is 214 g/mol. The van der Waals surface area contributed by atoms with Gasteiger partial charge in [0.05, 0.1) is 12.2 Å². The number of nitrogens with one attached hydrogen (secondary N) is 1. The molecular formula is C14H27NO2. The molecule has 1 saturated heterocycles. The number of aliphatic hydroxyl groups excluding tert-OH is 1. The highest BCUT2D eigenvalue weighted by Crippen LogP contribution is 2.52. The van der Waals surface area contributed by atoms with Crippen molar-refractivity contribution in [3.63, 3.8) is 0 Å². The second-order valence-corrected chi connectivity index (χ2v) is 6.60. The largest absolute Gasteiger partial charge is 0.393 e. The van der Waals surface area contributed by atoms with Gasteiger partial charge in [0.2, 0.25) is 0 Å². The average molecular weight is 241 g/mol. The molecule has 1 saturated carbocycles. The van der Waals surface area contributed by atoms with Crippen LogP contribution in [0.15, 0.2) is 0 Å². The summed E-state index contributed by atoms with van der Waals surface area (Å²) in [5.74, 6) is 1.05. The van der Waals surface area contributed by atoms with Gasteiger partial charge in [-0.05, 0) is 25.3 Å². The molecule has 1 aliphatic heterocycles. The summed E-state index contributed by atoms with van der Waals surface area (Å²) in [7, 11) is 0. The molecule has 4 atom stereocenters. The van der Waals surface area contributed by atoms with Crippen LogP contribution >= 0.6 is 0 Å². The minimum absolute atomic E-state index is 0.179. The fourth-order valence-corrected chi connectivity index (χ4v) is 3.46. The van der Waals surface area contributed by atoms with E-state index in [-0.39, 0.29) is 11.5 Å². The summed E-state index contributed by atoms with van der Waals surface area (Å²) in [6.07, 6.45) is 2.32. The van der Waals surface area contributed by atoms with Crippen molar-refractivity contribution in [3.8, 4) is 0 Å². The fraction of sp³-hybridized carbons (Fsp3) is 1.00. The smallest absolute Gasteiger partial charge is 0.0685 e. The van der Waals surface area contributed by atoms with Crippen molar-refractivity contribution < 1.29 is 9.84 Å². The highest BCUT2D eigenvalue weighted by molar-refractivity contribution is 5.11. The molecule has 2 rings (SSSR count). The van der Waals surface area contributed by atoms with Gasteiger partial charge in [-0.15, -0.1) is 0 Å². The quantitative estimate of drug-likeness (QED) is 0.771. The molecule has 3 heteroatoms. The standard InChI is InChI=1S/C14H27NO2/c1-9(2)11(16)5-7-15-12-10-6-8-17-13(10)14(12,3)4/h9-13,15-16H,5-8H2,1-4H3. The third-order valence-electron chi connectivity index (χ3n) is 4.67. The molecule has 2 fully saturated rings. The van der Waals surface area contributed by atoms with Gasteiger partial charge >= 0.3 is 0 Å². The zero-order chi connectivity index (χ0) is 12.6. The molecule has 1 heterocycles. The number of rotatable bonds is 5. The summed E-state index contributed by atoms with van der Waals surface area (Å²) in [6.45, 7) is 10.5. The third kappa shape index (κ3) is 2.38. The zero-order valence-corrected chi connectivity index (χ0v) is 11.6. The number of fused-ring (bicyclic) bond motifs is 1. The summed E-state index contributed by atoms with van der Waals surface area (Å²) in [5.41, 5.74) is 0.254. The fourth-order valence-electron chi connectivity index (χ4n) is 3.46. The maximum Gasteiger partial charge on any atom is 0.0685 e. The molecule has 1 aliphatic carbocycles. The Morgan fingerprint density at radius 1 is 1.41 bits per heavy atom. The number of hydrogen-bond donors (Lipinski definition) is 2. The lowest BCUT2D eigenvalue weighted by Crippen LogP contribution is -2.66. The van der Waals surface area contributed by atoms with Crippen molar-refractivity contribution in [3.05, 3.63) is 0 Å². The van der Waals surface area contributed by atoms with E-state index in [9.17, 15) is 5.11 Å². The van der Waals surface area contributed by atoms with Crippen LogP contribution in [0.1, 0.15) is 40.5 Å². The second-order valence-electron chi connectivity index (χ2n) is 6.60. The van der Waals surface area contributed by atoms with E-state index < -0.39 is 0 Å². The normalized spacial score (nSPS) is 36.7. The van der Waals surface area contributed by atoms with Crippen molar-refractivity contribution in [1.29, 1.82) is 0 Å². The Kier molecular flexibility index (Phi) is 3.81. The first-order valence-corrected chi connectivity index (χ1v) is 6.97. The summed E-state index contributed by atoms with van der Waals surface area (Å²) in [4.78, 5) is 0. The Labute approximate surface area is 105 Å². The Balaban J connectivity index is 1.76. The van der Waals surface area contributed by atoms with Gasteiger partial charge < -0.3 is 15.2 Å². The van der Waals surface area contributed by atoms with E-state index in [4.69, 9.17) is 4.74 Å². The maximum atomic E-state index is 9.78. The molecule has 3 nitrogen and oxygen atoms in total. The van der Waals surface area contributed by atoms with Crippen LogP contribution in [0.25, 0.3) is 0 Å². The van der Waals surface area contributed by atoms with Crippen LogP contribution in [-0.4, -0.2) is 36.5 Å². The Hall–Kier alpha value is -0.120. The summed E-state index contributed by atoms with van der Waals surface area (Å²) in [5, 5.41) is 13.4. The molecule has 2 aliphatic rings. The lowest BCUT2D eigenvalue weighted by Gasteiger charge is -2.55. The first-order valence-electron chi connectivity index (χ1n) is 6.97. The van der Waals surface area contributed by atoms with E-state index in [0.717, 1.165) is 19.6 Å². The van der Waals surface area contributed by atoms with Gasteiger partial charge in [-0.2, -0.15) is 0 Å². The SMILES string of the molecule is CC(C)C(O)CCNC1C2CCOC2C1(C)C. The van der Waals surface area contributed by atoms with Crippen molar-refractivity contribution in [1.82, 2.24) is 5.32 Å². The van der Waals surface area contributed by atoms with E-state index in [1.54, 1.807) is 0 Å². The topological polar surface area (TPSA) is 41.5 Å². The lowest BCUT2D eigenvalue weighted by atomic mass is 9.57. The van der Waals surface area contributed by atoms with Crippen LogP contribution in [0.5, 0.6) is 0 Å². The second kappa shape index (κ2) is 4.87. The summed E-state index contributed by atoms with van der Waals surface area (Å²) in [6, 6.07) is 0.564. The summed E-state index contributed by atoms with van der Waals surface area (Å²) < 4.78 is 5.77. The number of ether oxygens (including phenoxy) is 1. The first kappa shape index (κ1) is 13.3. The molecule has 0 amide bonds. The van der Waals surface area contributed by atoms with Crippen molar-refractivity contribution >= 4 is 0 Å². The third-order valence-corrected chi connectivity index (χ3v) is 4.67. The molecule has 0 aromatic heterocycles. The molecule has 2 N–H and O–H groups in total. The molecule has 0 bridgehead atoms. The zero-order valence-electron chi connectivity index (χ0n) is 11.6. The van der Waals surface area contributed by atoms with E-state index in [1.165, 1.54) is 6.42 Å². The highest BCUT2D eigenvalue weighted by atomic mass is 16.5. The highest BCUT2D eigenvalue weighted by Gasteiger charge is 2.58. The van der Waals surface area contributed by atoms with E-state index in [1.807, 2.05) is 0 Å². The Morgan fingerprint density at radius 3 is 2.76 bits per heavy atom. The van der Waals surface area contributed by atoms with Crippen molar-refractivity contribution in [2.45, 2.75) is 58.8 Å². The molecule has 0 aromatic carbocycles. The Morgan fingerprint density at radius 2 is 2.12 bits per heavy atom. The predicted octanol–water partition coefficient (Wildman–Crippen LogP) is 1.80. The first-order chi connectivity index (χ1) is 7.94. The maximum absolute atomic E-state index is 9.78. The van der Waals surface area contributed by atoms with Gasteiger partial charge in [-0.1, -0.05) is 27.7 Å². The van der Waals surface area contributed by atoms with Crippen LogP contribution in [0.3, 0.4) is 0 Å². The minimum Gasteiger partial charge on any atom is -0.393 e. The van der Waals surface area contributed by atoms with Crippen molar-refractivity contribution in [2.24, 2.45) is 17.3 Å². The van der Waals surface area contributed by atoms with Gasteiger partial charge in [-0.3, -0.25) is 0 Å². The van der Waals surface area contributed by atoms with E-state index in [2.05, 4.69) is 33.0 Å². The van der Waals surface area contributed by atoms with Crippen LogP contribution in [0, 0.1) is 17.3 Å². The minimum atomic E-state index is -0.179. The van der Waals surface area contributed by atoms with Gasteiger partial charge in [-0.25, -0.2) is 0 Å². The van der Waals surface area contributed by atoms with Crippen LogP contribution in [0.4, 0.5) is 0 Å². The van der Waals surface area contributed by atoms with Gasteiger partial charge in [0.25, 0.3) is 0 Å². The Bertz CT molecular complexity index is 265. The van der Waals surface area contributed by atoms with Gasteiger partial charge in [0.15, 0.2) is 0 Å². The van der Waals surface area contributed by atoms with Crippen LogP contribution < -0.4 is 5.32 Å². The lowest BCUT2D eigenvalue weighted by molar-refractivity contribution is -0.112. The predicted molar refractivity (Wildman–Crippen MR) is 68.9 cm³/mol. The monoisotopic (exact) mass is 241 g/mol.